The Morgan fingerprint density at radius 3 is 2.33 bits per heavy atom. The summed E-state index contributed by atoms with van der Waals surface area (Å²) in [6.45, 7) is 0. The molecule has 1 aromatic rings. The van der Waals surface area contributed by atoms with Gasteiger partial charge in [-0.1, -0.05) is 0 Å². The number of nitrogens with zero attached hydrogens (tertiary/aromatic N) is 1. The number of methoxy groups -OCH3 is 2. The highest BCUT2D eigenvalue weighted by Gasteiger charge is 2.10. The van der Waals surface area contributed by atoms with E-state index in [4.69, 9.17) is 9.47 Å². The van der Waals surface area contributed by atoms with Gasteiger partial charge in [-0.3, -0.25) is 4.79 Å². The van der Waals surface area contributed by atoms with Gasteiger partial charge >= 0.3 is 0 Å². The number of ether oxygens (including phenoxy) is 2. The molecule has 0 unspecified atom stereocenters. The van der Waals surface area contributed by atoms with E-state index >= 15 is 0 Å². The number of halogens is 1. The molecular formula is C10H12BrNO3. The number of hydrogen-bond donors (Lipinski definition) is 0. The van der Waals surface area contributed by atoms with Crippen LogP contribution in [-0.4, -0.2) is 26.1 Å². The molecule has 0 radical (unpaired) electrons. The number of amides is 1. The number of anilines is 1. The lowest BCUT2D eigenvalue weighted by atomic mass is 10.2. The third-order valence-corrected chi connectivity index (χ3v) is 2.55. The van der Waals surface area contributed by atoms with E-state index in [9.17, 15) is 4.79 Å². The Bertz CT molecular complexity index is 368. The van der Waals surface area contributed by atoms with Crippen molar-refractivity contribution in [1.82, 2.24) is 0 Å². The Hall–Kier alpha value is -1.23. The maximum atomic E-state index is 11.1. The first-order chi connectivity index (χ1) is 7.10. The minimum absolute atomic E-state index is 0.213. The molecule has 1 aromatic carbocycles. The van der Waals surface area contributed by atoms with Crippen molar-refractivity contribution >= 4 is 26.4 Å². The largest absolute Gasteiger partial charge is 0.493 e. The van der Waals surface area contributed by atoms with Crippen LogP contribution in [0.3, 0.4) is 0 Å². The van der Waals surface area contributed by atoms with Gasteiger partial charge in [-0.15, -0.1) is 0 Å². The molecule has 0 bridgehead atoms. The van der Waals surface area contributed by atoms with Crippen molar-refractivity contribution in [3.05, 3.63) is 18.2 Å². The SMILES string of the molecule is COc1ccc(N(C)C(=O)Br)cc1OC. The highest BCUT2D eigenvalue weighted by atomic mass is 79.9. The normalized spacial score (nSPS) is 9.60. The van der Waals surface area contributed by atoms with E-state index in [2.05, 4.69) is 15.9 Å². The summed E-state index contributed by atoms with van der Waals surface area (Å²) in [6.07, 6.45) is 0. The molecule has 1 amide bonds. The number of rotatable bonds is 3. The zero-order valence-corrected chi connectivity index (χ0v) is 10.4. The highest BCUT2D eigenvalue weighted by Crippen LogP contribution is 2.31. The van der Waals surface area contributed by atoms with Crippen molar-refractivity contribution in [2.45, 2.75) is 0 Å². The van der Waals surface area contributed by atoms with Gasteiger partial charge < -0.3 is 14.4 Å². The Morgan fingerprint density at radius 2 is 1.87 bits per heavy atom. The molecule has 15 heavy (non-hydrogen) atoms. The minimum atomic E-state index is -0.213. The van der Waals surface area contributed by atoms with E-state index < -0.39 is 0 Å². The molecule has 0 aliphatic rings. The van der Waals surface area contributed by atoms with Crippen LogP contribution in [0.5, 0.6) is 11.5 Å². The van der Waals surface area contributed by atoms with E-state index in [1.54, 1.807) is 39.5 Å². The topological polar surface area (TPSA) is 38.8 Å². The lowest BCUT2D eigenvalue weighted by molar-refractivity contribution is 0.267. The van der Waals surface area contributed by atoms with E-state index in [1.165, 1.54) is 4.90 Å². The molecule has 0 N–H and O–H groups in total. The first kappa shape index (κ1) is 11.8. The molecule has 0 saturated carbocycles. The zero-order valence-electron chi connectivity index (χ0n) is 8.78. The van der Waals surface area contributed by atoms with Crippen LogP contribution in [0.4, 0.5) is 10.5 Å². The average molecular weight is 274 g/mol. The van der Waals surface area contributed by atoms with E-state index in [0.717, 1.165) is 5.69 Å². The van der Waals surface area contributed by atoms with Crippen molar-refractivity contribution in [3.63, 3.8) is 0 Å². The van der Waals surface area contributed by atoms with Gasteiger partial charge in [0.15, 0.2) is 11.5 Å². The molecule has 5 heteroatoms. The Morgan fingerprint density at radius 1 is 1.27 bits per heavy atom. The lowest BCUT2D eigenvalue weighted by Gasteiger charge is -2.16. The molecule has 0 fully saturated rings. The van der Waals surface area contributed by atoms with E-state index in [0.29, 0.717) is 11.5 Å². The fraction of sp³-hybridized carbons (Fsp3) is 0.300. The van der Waals surface area contributed by atoms with Crippen LogP contribution in [0, 0.1) is 0 Å². The van der Waals surface area contributed by atoms with Crippen LogP contribution in [0.1, 0.15) is 0 Å². The van der Waals surface area contributed by atoms with Crippen LogP contribution in [0.15, 0.2) is 18.2 Å². The van der Waals surface area contributed by atoms with Gasteiger partial charge in [-0.2, -0.15) is 0 Å². The van der Waals surface area contributed by atoms with Crippen LogP contribution in [0.25, 0.3) is 0 Å². The predicted molar refractivity (Wildman–Crippen MR) is 62.3 cm³/mol. The molecule has 0 saturated heterocycles. The van der Waals surface area contributed by atoms with Crippen molar-refractivity contribution in [1.29, 1.82) is 0 Å². The monoisotopic (exact) mass is 273 g/mol. The standard InChI is InChI=1S/C10H12BrNO3/c1-12(10(11)13)7-4-5-8(14-2)9(6-7)15-3/h4-6H,1-3H3. The molecule has 4 nitrogen and oxygen atoms in total. The van der Waals surface area contributed by atoms with Crippen LogP contribution in [0.2, 0.25) is 0 Å². The fourth-order valence-corrected chi connectivity index (χ4v) is 1.34. The Kier molecular flexibility index (Phi) is 3.96. The van der Waals surface area contributed by atoms with Gasteiger partial charge in [0.1, 0.15) is 0 Å². The summed E-state index contributed by atoms with van der Waals surface area (Å²) in [5, 5.41) is 0. The summed E-state index contributed by atoms with van der Waals surface area (Å²) in [6, 6.07) is 5.26. The highest BCUT2D eigenvalue weighted by molar-refractivity contribution is 9.18. The molecular weight excluding hydrogens is 262 g/mol. The molecule has 1 rings (SSSR count). The maximum Gasteiger partial charge on any atom is 0.293 e. The smallest absolute Gasteiger partial charge is 0.293 e. The molecule has 0 aliphatic carbocycles. The summed E-state index contributed by atoms with van der Waals surface area (Å²) in [5.74, 6) is 1.23. The number of hydrogen-bond acceptors (Lipinski definition) is 3. The lowest BCUT2D eigenvalue weighted by Crippen LogP contribution is -2.18. The van der Waals surface area contributed by atoms with Crippen molar-refractivity contribution in [2.24, 2.45) is 0 Å². The predicted octanol–water partition coefficient (Wildman–Crippen LogP) is 2.65. The van der Waals surface area contributed by atoms with Gasteiger partial charge in [0.05, 0.1) is 14.2 Å². The zero-order chi connectivity index (χ0) is 11.4. The first-order valence-electron chi connectivity index (χ1n) is 4.25. The summed E-state index contributed by atoms with van der Waals surface area (Å²) in [5.41, 5.74) is 0.731. The minimum Gasteiger partial charge on any atom is -0.493 e. The molecule has 0 heterocycles. The number of benzene rings is 1. The average Bonchev–Trinajstić information content (AvgIpc) is 2.26. The Labute approximate surface area is 96.9 Å². The Balaban J connectivity index is 3.07. The van der Waals surface area contributed by atoms with Crippen LogP contribution >= 0.6 is 15.9 Å². The van der Waals surface area contributed by atoms with Gasteiger partial charge in [-0.25, -0.2) is 0 Å². The van der Waals surface area contributed by atoms with Crippen molar-refractivity contribution < 1.29 is 14.3 Å². The maximum absolute atomic E-state index is 11.1. The fourth-order valence-electron chi connectivity index (χ4n) is 1.14. The van der Waals surface area contributed by atoms with Crippen LogP contribution < -0.4 is 14.4 Å². The van der Waals surface area contributed by atoms with Gasteiger partial charge in [-0.05, 0) is 12.1 Å². The third kappa shape index (κ3) is 2.62. The summed E-state index contributed by atoms with van der Waals surface area (Å²) in [7, 11) is 4.78. The number of carbonyl (C=O) groups is 1. The van der Waals surface area contributed by atoms with Crippen molar-refractivity contribution in [3.8, 4) is 11.5 Å². The molecule has 0 spiro atoms. The molecule has 0 atom stereocenters. The van der Waals surface area contributed by atoms with Gasteiger partial charge in [0.25, 0.3) is 4.82 Å². The third-order valence-electron chi connectivity index (χ3n) is 2.02. The van der Waals surface area contributed by atoms with E-state index in [-0.39, 0.29) is 4.82 Å². The number of carbonyl (C=O) groups excluding carboxylic acids is 1. The quantitative estimate of drug-likeness (QED) is 0.628. The second-order valence-corrected chi connectivity index (χ2v) is 3.53. The molecule has 0 aromatic heterocycles. The van der Waals surface area contributed by atoms with Crippen LogP contribution in [-0.2, 0) is 0 Å². The first-order valence-corrected chi connectivity index (χ1v) is 5.04. The summed E-state index contributed by atoms with van der Waals surface area (Å²) < 4.78 is 10.2. The summed E-state index contributed by atoms with van der Waals surface area (Å²) >= 11 is 2.87. The second kappa shape index (κ2) is 5.02. The molecule has 0 aliphatic heterocycles. The summed E-state index contributed by atoms with van der Waals surface area (Å²) in [4.78, 5) is 12.3. The molecule has 82 valence electrons. The van der Waals surface area contributed by atoms with Gasteiger partial charge in [0, 0.05) is 34.7 Å². The van der Waals surface area contributed by atoms with Crippen molar-refractivity contribution in [2.75, 3.05) is 26.2 Å². The second-order valence-electron chi connectivity index (χ2n) is 2.85. The van der Waals surface area contributed by atoms with Gasteiger partial charge in [0.2, 0.25) is 0 Å². The van der Waals surface area contributed by atoms with E-state index in [1.807, 2.05) is 0 Å².